The van der Waals surface area contributed by atoms with Gasteiger partial charge in [0, 0.05) is 17.1 Å². The molecule has 0 aromatic carbocycles. The van der Waals surface area contributed by atoms with Crippen molar-refractivity contribution in [3.05, 3.63) is 0 Å². The molecule has 74 valence electrons. The molecule has 0 saturated heterocycles. The van der Waals surface area contributed by atoms with Gasteiger partial charge < -0.3 is 9.05 Å². The molecule has 0 unspecified atom stereocenters. The van der Waals surface area contributed by atoms with Gasteiger partial charge in [0.05, 0.1) is 13.2 Å². The van der Waals surface area contributed by atoms with Gasteiger partial charge in [-0.1, -0.05) is 0 Å². The van der Waals surface area contributed by atoms with Crippen LogP contribution in [-0.2, 0) is 24.4 Å². The van der Waals surface area contributed by atoms with Crippen molar-refractivity contribution in [2.75, 3.05) is 25.0 Å². The van der Waals surface area contributed by atoms with Crippen molar-refractivity contribution in [1.82, 2.24) is 0 Å². The Balaban J connectivity index is 4.18. The van der Waals surface area contributed by atoms with E-state index in [2.05, 4.69) is 0 Å². The highest BCUT2D eigenvalue weighted by Gasteiger charge is 2.24. The largest absolute Gasteiger partial charge is 0.343 e. The van der Waals surface area contributed by atoms with Gasteiger partial charge in [-0.3, -0.25) is 8.77 Å². The van der Waals surface area contributed by atoms with Gasteiger partial charge in [0.15, 0.2) is 0 Å². The molecule has 0 aliphatic heterocycles. The van der Waals surface area contributed by atoms with Gasteiger partial charge in [0.25, 0.3) is 0 Å². The summed E-state index contributed by atoms with van der Waals surface area (Å²) in [7, 11) is -4.23. The van der Waals surface area contributed by atoms with Crippen molar-refractivity contribution in [1.29, 1.82) is 0 Å². The number of hydrogen-bond donors (Lipinski definition) is 0. The highest BCUT2D eigenvalue weighted by molar-refractivity contribution is 7.91. The van der Waals surface area contributed by atoms with Crippen LogP contribution in [0.4, 0.5) is 0 Å². The highest BCUT2D eigenvalue weighted by Crippen LogP contribution is 2.48. The normalized spacial score (nSPS) is 14.6. The van der Waals surface area contributed by atoms with Crippen molar-refractivity contribution in [3.63, 3.8) is 0 Å². The molecule has 0 spiro atoms. The van der Waals surface area contributed by atoms with E-state index in [-0.39, 0.29) is 5.49 Å². The minimum absolute atomic E-state index is 0.0192. The average molecular weight is 214 g/mol. The SMILES string of the molecule is CCOP(=O)(C[S@@](C)=O)OCC. The molecule has 4 nitrogen and oxygen atoms in total. The van der Waals surface area contributed by atoms with E-state index in [1.807, 2.05) is 0 Å². The van der Waals surface area contributed by atoms with E-state index >= 15 is 0 Å². The zero-order chi connectivity index (χ0) is 9.61. The number of hydrogen-bond acceptors (Lipinski definition) is 4. The molecule has 0 aromatic rings. The van der Waals surface area contributed by atoms with Crippen molar-refractivity contribution in [2.24, 2.45) is 0 Å². The van der Waals surface area contributed by atoms with Crippen LogP contribution < -0.4 is 0 Å². The molecule has 0 saturated carbocycles. The van der Waals surface area contributed by atoms with E-state index < -0.39 is 18.4 Å². The first-order valence-electron chi connectivity index (χ1n) is 3.72. The van der Waals surface area contributed by atoms with E-state index in [0.717, 1.165) is 0 Å². The minimum atomic E-state index is -3.08. The molecule has 6 heteroatoms. The fourth-order valence-corrected chi connectivity index (χ4v) is 3.97. The Kier molecular flexibility index (Phi) is 6.01. The van der Waals surface area contributed by atoms with Gasteiger partial charge in [0.2, 0.25) is 0 Å². The summed E-state index contributed by atoms with van der Waals surface area (Å²) in [6.07, 6.45) is 1.48. The summed E-state index contributed by atoms with van der Waals surface area (Å²) in [5, 5.41) is 0. The summed E-state index contributed by atoms with van der Waals surface area (Å²) in [5.41, 5.74) is -0.0192. The maximum atomic E-state index is 11.6. The second kappa shape index (κ2) is 5.86. The van der Waals surface area contributed by atoms with Crippen molar-refractivity contribution >= 4 is 18.4 Å². The Bertz CT molecular complexity index is 184. The molecule has 0 aromatic heterocycles. The van der Waals surface area contributed by atoms with Crippen LogP contribution in [-0.4, -0.2) is 29.2 Å². The number of rotatable bonds is 6. The Morgan fingerprint density at radius 2 is 1.67 bits per heavy atom. The van der Waals surface area contributed by atoms with Gasteiger partial charge in [0.1, 0.15) is 5.49 Å². The molecule has 1 atom stereocenters. The Morgan fingerprint density at radius 3 is 1.92 bits per heavy atom. The standard InChI is InChI=1S/C6H15O4PS/c1-4-9-11(7,10-5-2)6-12(3)8/h4-6H2,1-3H3/t12-/m1/s1. The van der Waals surface area contributed by atoms with Crippen LogP contribution in [0.5, 0.6) is 0 Å². The summed E-state index contributed by atoms with van der Waals surface area (Å²) in [5.74, 6) is 0. The second-order valence-corrected chi connectivity index (χ2v) is 6.07. The first-order valence-corrected chi connectivity index (χ1v) is 7.17. The maximum Gasteiger partial charge on any atom is 0.343 e. The molecular formula is C6H15O4PS. The van der Waals surface area contributed by atoms with Crippen molar-refractivity contribution in [2.45, 2.75) is 13.8 Å². The van der Waals surface area contributed by atoms with E-state index in [4.69, 9.17) is 9.05 Å². The summed E-state index contributed by atoms with van der Waals surface area (Å²) in [6, 6.07) is 0. The third kappa shape index (κ3) is 5.04. The lowest BCUT2D eigenvalue weighted by atomic mass is 10.9. The van der Waals surface area contributed by atoms with Crippen LogP contribution in [0.3, 0.4) is 0 Å². The fraction of sp³-hybridized carbons (Fsp3) is 1.00. The predicted octanol–water partition coefficient (Wildman–Crippen LogP) is 1.59. The highest BCUT2D eigenvalue weighted by atomic mass is 32.2. The van der Waals surface area contributed by atoms with Crippen LogP contribution in [0.25, 0.3) is 0 Å². The molecule has 0 radical (unpaired) electrons. The molecule has 0 amide bonds. The van der Waals surface area contributed by atoms with Crippen LogP contribution in [0.2, 0.25) is 0 Å². The second-order valence-electron chi connectivity index (χ2n) is 2.15. The van der Waals surface area contributed by atoms with Crippen molar-refractivity contribution in [3.8, 4) is 0 Å². The van der Waals surface area contributed by atoms with Gasteiger partial charge in [-0.2, -0.15) is 0 Å². The van der Waals surface area contributed by atoms with Gasteiger partial charge in [-0.15, -0.1) is 0 Å². The first kappa shape index (κ1) is 12.3. The van der Waals surface area contributed by atoms with E-state index in [1.54, 1.807) is 13.8 Å². The Hall–Kier alpha value is 0.300. The lowest BCUT2D eigenvalue weighted by molar-refractivity contribution is 0.224. The van der Waals surface area contributed by atoms with Gasteiger partial charge in [-0.25, -0.2) is 0 Å². The molecule has 0 N–H and O–H groups in total. The van der Waals surface area contributed by atoms with Crippen LogP contribution in [0.15, 0.2) is 0 Å². The quantitative estimate of drug-likeness (QED) is 0.630. The third-order valence-electron chi connectivity index (χ3n) is 0.992. The van der Waals surface area contributed by atoms with Crippen molar-refractivity contribution < 1.29 is 17.8 Å². The summed E-state index contributed by atoms with van der Waals surface area (Å²) < 4.78 is 32.2. The Labute approximate surface area is 75.6 Å². The average Bonchev–Trinajstić information content (AvgIpc) is 1.85. The Morgan fingerprint density at radius 1 is 1.25 bits per heavy atom. The summed E-state index contributed by atoms with van der Waals surface area (Å²) in [6.45, 7) is 4.08. The molecule has 0 heterocycles. The molecule has 0 bridgehead atoms. The lowest BCUT2D eigenvalue weighted by Crippen LogP contribution is -2.03. The third-order valence-corrected chi connectivity index (χ3v) is 5.01. The smallest absolute Gasteiger partial charge is 0.308 e. The first-order chi connectivity index (χ1) is 5.54. The molecular weight excluding hydrogens is 199 g/mol. The molecule has 0 aliphatic rings. The summed E-state index contributed by atoms with van der Waals surface area (Å²) in [4.78, 5) is 0. The van der Waals surface area contributed by atoms with E-state index in [9.17, 15) is 8.77 Å². The predicted molar refractivity (Wildman–Crippen MR) is 49.8 cm³/mol. The fourth-order valence-electron chi connectivity index (χ4n) is 0.728. The zero-order valence-corrected chi connectivity index (χ0v) is 9.32. The van der Waals surface area contributed by atoms with Gasteiger partial charge >= 0.3 is 7.60 Å². The summed E-state index contributed by atoms with van der Waals surface area (Å²) >= 11 is 0. The van der Waals surface area contributed by atoms with Crippen LogP contribution in [0.1, 0.15) is 13.8 Å². The molecule has 0 aliphatic carbocycles. The lowest BCUT2D eigenvalue weighted by Gasteiger charge is -2.14. The minimum Gasteiger partial charge on any atom is -0.308 e. The van der Waals surface area contributed by atoms with Crippen LogP contribution in [0, 0.1) is 0 Å². The topological polar surface area (TPSA) is 52.6 Å². The molecule has 12 heavy (non-hydrogen) atoms. The zero-order valence-electron chi connectivity index (χ0n) is 7.61. The monoisotopic (exact) mass is 214 g/mol. The van der Waals surface area contributed by atoms with E-state index in [0.29, 0.717) is 13.2 Å². The van der Waals surface area contributed by atoms with E-state index in [1.165, 1.54) is 6.26 Å². The maximum absolute atomic E-state index is 11.6. The molecule has 0 rings (SSSR count). The van der Waals surface area contributed by atoms with Crippen LogP contribution >= 0.6 is 7.60 Å². The molecule has 0 fully saturated rings. The van der Waals surface area contributed by atoms with Gasteiger partial charge in [-0.05, 0) is 13.8 Å².